The van der Waals surface area contributed by atoms with E-state index in [4.69, 9.17) is 22.8 Å². The van der Waals surface area contributed by atoms with E-state index in [1.165, 1.54) is 18.4 Å². The minimum Gasteiger partial charge on any atom is -0.456 e. The van der Waals surface area contributed by atoms with Crippen molar-refractivity contribution in [3.8, 4) is 23.8 Å². The van der Waals surface area contributed by atoms with Gasteiger partial charge >= 0.3 is 0 Å². The van der Waals surface area contributed by atoms with E-state index in [1.54, 1.807) is 18.2 Å². The zero-order valence-electron chi connectivity index (χ0n) is 15.9. The molecule has 148 valence electrons. The lowest BCUT2D eigenvalue weighted by molar-refractivity contribution is 0.152. The van der Waals surface area contributed by atoms with E-state index in [0.29, 0.717) is 28.3 Å². The molecule has 1 atom stereocenters. The molecule has 0 amide bonds. The van der Waals surface area contributed by atoms with Crippen LogP contribution in [0.5, 0.6) is 11.5 Å². The summed E-state index contributed by atoms with van der Waals surface area (Å²) in [7, 11) is -1.11. The number of halogens is 1. The summed E-state index contributed by atoms with van der Waals surface area (Å²) < 4.78 is 22.7. The monoisotopic (exact) mass is 424 g/mol. The highest BCUT2D eigenvalue weighted by molar-refractivity contribution is 7.83. The molecule has 0 radical (unpaired) electrons. The van der Waals surface area contributed by atoms with Crippen molar-refractivity contribution in [3.05, 3.63) is 58.6 Å². The van der Waals surface area contributed by atoms with Crippen molar-refractivity contribution in [2.45, 2.75) is 37.1 Å². The smallest absolute Gasteiger partial charge is 0.147 e. The van der Waals surface area contributed by atoms with Crippen LogP contribution in [0.15, 0.2) is 46.9 Å². The quantitative estimate of drug-likeness (QED) is 0.671. The fourth-order valence-corrected chi connectivity index (χ4v) is 5.96. The Hall–Kier alpha value is -2.29. The van der Waals surface area contributed by atoms with Crippen molar-refractivity contribution in [1.29, 1.82) is 0 Å². The van der Waals surface area contributed by atoms with Crippen LogP contribution in [0.3, 0.4) is 0 Å². The molecule has 2 saturated heterocycles. The summed E-state index contributed by atoms with van der Waals surface area (Å²) in [5.41, 5.74) is 1.81. The van der Waals surface area contributed by atoms with Gasteiger partial charge < -0.3 is 9.64 Å². The van der Waals surface area contributed by atoms with Crippen molar-refractivity contribution in [2.24, 2.45) is 4.40 Å². The Morgan fingerprint density at radius 1 is 1.21 bits per heavy atom. The van der Waals surface area contributed by atoms with E-state index >= 15 is 0 Å². The van der Waals surface area contributed by atoms with Crippen molar-refractivity contribution >= 4 is 28.4 Å². The second kappa shape index (κ2) is 7.19. The molecule has 1 aliphatic carbocycles. The van der Waals surface area contributed by atoms with E-state index < -0.39 is 11.0 Å². The van der Waals surface area contributed by atoms with Gasteiger partial charge in [0.1, 0.15) is 28.3 Å². The maximum atomic E-state index is 12.2. The summed E-state index contributed by atoms with van der Waals surface area (Å²) in [6.45, 7) is 0.850. The van der Waals surface area contributed by atoms with E-state index in [0.717, 1.165) is 30.8 Å². The Balaban J connectivity index is 1.46. The van der Waals surface area contributed by atoms with Crippen LogP contribution in [0.4, 0.5) is 0 Å². The van der Waals surface area contributed by atoms with Crippen LogP contribution in [-0.2, 0) is 16.4 Å². The normalized spacial score (nSPS) is 27.7. The number of hydrogen-bond acceptors (Lipinski definition) is 3. The average Bonchev–Trinajstić information content (AvgIpc) is 2.76. The number of rotatable bonds is 3. The van der Waals surface area contributed by atoms with Gasteiger partial charge in [-0.15, -0.1) is 6.42 Å². The lowest BCUT2D eigenvalue weighted by atomic mass is 9.63. The van der Waals surface area contributed by atoms with E-state index in [1.807, 2.05) is 12.1 Å². The van der Waals surface area contributed by atoms with Gasteiger partial charge in [-0.1, -0.05) is 29.7 Å². The van der Waals surface area contributed by atoms with Crippen molar-refractivity contribution in [1.82, 2.24) is 4.90 Å². The summed E-state index contributed by atoms with van der Waals surface area (Å²) in [5, 5.41) is 0.520. The largest absolute Gasteiger partial charge is 0.456 e. The van der Waals surface area contributed by atoms with Gasteiger partial charge in [-0.25, -0.2) is 4.21 Å². The van der Waals surface area contributed by atoms with Gasteiger partial charge in [0, 0.05) is 18.2 Å². The summed E-state index contributed by atoms with van der Waals surface area (Å²) in [4.78, 5) is 2.41. The lowest BCUT2D eigenvalue weighted by Gasteiger charge is -2.55. The number of nitrogens with zero attached hydrogens (tertiary/aromatic N) is 2. The van der Waals surface area contributed by atoms with E-state index in [-0.39, 0.29) is 5.41 Å². The highest BCUT2D eigenvalue weighted by atomic mass is 35.5. The molecule has 2 aromatic carbocycles. The maximum Gasteiger partial charge on any atom is 0.147 e. The van der Waals surface area contributed by atoms with E-state index in [9.17, 15) is 4.21 Å². The molecule has 0 aromatic heterocycles. The molecule has 0 N–H and O–H groups in total. The SMILES string of the molecule is C#Cc1ccc(Cl)c(Oc2ccc(C34CCC(CC3)N3CCS(=O)N=C34)cc2)c1. The maximum absolute atomic E-state index is 12.2. The van der Waals surface area contributed by atoms with Crippen molar-refractivity contribution in [3.63, 3.8) is 0 Å². The molecule has 3 fully saturated rings. The number of hydrogen-bond donors (Lipinski definition) is 0. The number of amidine groups is 1. The highest BCUT2D eigenvalue weighted by Crippen LogP contribution is 2.49. The lowest BCUT2D eigenvalue weighted by Crippen LogP contribution is -2.62. The topological polar surface area (TPSA) is 41.9 Å². The van der Waals surface area contributed by atoms with Crippen LogP contribution in [0, 0.1) is 12.3 Å². The van der Waals surface area contributed by atoms with Gasteiger partial charge in [-0.3, -0.25) is 0 Å². The zero-order valence-corrected chi connectivity index (χ0v) is 17.5. The first-order chi connectivity index (χ1) is 14.1. The molecule has 2 bridgehead atoms. The van der Waals surface area contributed by atoms with Crippen molar-refractivity contribution < 1.29 is 8.95 Å². The number of piperidine rings is 2. The molecule has 6 rings (SSSR count). The minimum atomic E-state index is -1.11. The number of terminal acetylenes is 1. The first kappa shape index (κ1) is 18.7. The van der Waals surface area contributed by atoms with Gasteiger partial charge in [-0.05, 0) is 61.6 Å². The van der Waals surface area contributed by atoms with Crippen LogP contribution in [0.1, 0.15) is 36.8 Å². The summed E-state index contributed by atoms with van der Waals surface area (Å²) in [6.07, 6.45) is 9.92. The van der Waals surface area contributed by atoms with E-state index in [2.05, 4.69) is 27.4 Å². The van der Waals surface area contributed by atoms with Crippen LogP contribution < -0.4 is 4.74 Å². The Kier molecular flexibility index (Phi) is 4.64. The predicted molar refractivity (Wildman–Crippen MR) is 117 cm³/mol. The summed E-state index contributed by atoms with van der Waals surface area (Å²) in [6, 6.07) is 14.0. The van der Waals surface area contributed by atoms with Gasteiger partial charge in [0.15, 0.2) is 0 Å². The minimum absolute atomic E-state index is 0.135. The molecule has 2 aromatic rings. The van der Waals surface area contributed by atoms with Crippen LogP contribution in [0.2, 0.25) is 5.02 Å². The average molecular weight is 425 g/mol. The Bertz CT molecular complexity index is 1050. The number of benzene rings is 2. The van der Waals surface area contributed by atoms with Gasteiger partial charge in [0.25, 0.3) is 0 Å². The number of fused-ring (bicyclic) bond motifs is 2. The first-order valence-corrected chi connectivity index (χ1v) is 11.5. The third-order valence-corrected chi connectivity index (χ3v) is 7.60. The van der Waals surface area contributed by atoms with Gasteiger partial charge in [0.05, 0.1) is 16.2 Å². The molecule has 1 unspecified atom stereocenters. The first-order valence-electron chi connectivity index (χ1n) is 9.88. The van der Waals surface area contributed by atoms with Gasteiger partial charge in [0.2, 0.25) is 0 Å². The highest BCUT2D eigenvalue weighted by Gasteiger charge is 2.51. The summed E-state index contributed by atoms with van der Waals surface area (Å²) in [5.74, 6) is 5.52. The molecule has 4 nitrogen and oxygen atoms in total. The second-order valence-electron chi connectivity index (χ2n) is 7.86. The fraction of sp³-hybridized carbons (Fsp3) is 0.348. The Morgan fingerprint density at radius 2 is 1.97 bits per heavy atom. The molecule has 6 heteroatoms. The Labute approximate surface area is 178 Å². The number of ether oxygens (including phenoxy) is 1. The van der Waals surface area contributed by atoms with Crippen LogP contribution in [-0.4, -0.2) is 33.3 Å². The molecule has 3 aliphatic heterocycles. The fourth-order valence-electron chi connectivity index (χ4n) is 4.88. The second-order valence-corrected chi connectivity index (χ2v) is 9.50. The third kappa shape index (κ3) is 3.15. The molecule has 29 heavy (non-hydrogen) atoms. The molecule has 1 saturated carbocycles. The molecule has 4 aliphatic rings. The molecular formula is C23H21ClN2O2S. The molecule has 3 heterocycles. The third-order valence-electron chi connectivity index (χ3n) is 6.38. The predicted octanol–water partition coefficient (Wildman–Crippen LogP) is 4.69. The Morgan fingerprint density at radius 3 is 2.69 bits per heavy atom. The van der Waals surface area contributed by atoms with Gasteiger partial charge in [-0.2, -0.15) is 4.40 Å². The standard InChI is InChI=1S/C23H21ClN2O2S/c1-2-16-3-8-20(24)21(15-16)28-19-6-4-17(5-7-19)23-11-9-18(10-12-23)26-13-14-29(27)25-22(23)26/h1,3-8,15,18H,9-14H2. The van der Waals surface area contributed by atoms with Crippen LogP contribution >= 0.6 is 11.6 Å². The zero-order chi connectivity index (χ0) is 20.0. The van der Waals surface area contributed by atoms with Crippen LogP contribution in [0.25, 0.3) is 0 Å². The van der Waals surface area contributed by atoms with Crippen molar-refractivity contribution in [2.75, 3.05) is 12.3 Å². The summed E-state index contributed by atoms with van der Waals surface area (Å²) >= 11 is 6.25. The molecular weight excluding hydrogens is 404 g/mol. The molecule has 0 spiro atoms.